The molecule has 2 aromatic heterocycles. The highest BCUT2D eigenvalue weighted by Gasteiger charge is 2.26. The van der Waals surface area contributed by atoms with Gasteiger partial charge in [0.2, 0.25) is 14.2 Å². The lowest BCUT2D eigenvalue weighted by Gasteiger charge is -2.11. The number of carbonyl (C=O) groups is 1. The Labute approximate surface area is 257 Å². The summed E-state index contributed by atoms with van der Waals surface area (Å²) in [5, 5.41) is 7.29. The summed E-state index contributed by atoms with van der Waals surface area (Å²) in [6.07, 6.45) is 3.78. The van der Waals surface area contributed by atoms with Crippen molar-refractivity contribution in [3.8, 4) is 0 Å². The van der Waals surface area contributed by atoms with E-state index in [-0.39, 0.29) is 4.34 Å². The molecule has 1 N–H and O–H groups in total. The molecule has 13 heteroatoms. The molecule has 4 rings (SSSR count). The van der Waals surface area contributed by atoms with Crippen molar-refractivity contribution in [2.75, 3.05) is 0 Å². The van der Waals surface area contributed by atoms with Gasteiger partial charge in [-0.3, -0.25) is 0 Å². The summed E-state index contributed by atoms with van der Waals surface area (Å²) in [5.41, 5.74) is 2.34. The van der Waals surface area contributed by atoms with E-state index in [0.29, 0.717) is 4.90 Å². The minimum Gasteiger partial charge on any atom is -0.301 e. The van der Waals surface area contributed by atoms with Gasteiger partial charge in [0.05, 0.1) is 21.0 Å². The monoisotopic (exact) mass is 666 g/mol. The van der Waals surface area contributed by atoms with Gasteiger partial charge < -0.3 is 4.89 Å². The van der Waals surface area contributed by atoms with Gasteiger partial charge in [0.25, 0.3) is 0 Å². The molecule has 222 valence electrons. The Morgan fingerprint density at radius 2 is 1.24 bits per heavy atom. The first-order valence-electron chi connectivity index (χ1n) is 12.7. The molecule has 0 atom stereocenters. The van der Waals surface area contributed by atoms with E-state index >= 15 is 0 Å². The van der Waals surface area contributed by atoms with Gasteiger partial charge in [-0.25, -0.2) is 23.2 Å². The number of thiazole rings is 2. The SMILES string of the molecule is CC(=O)OO.Cc1ccc(S(=O)(=O)c2ncc([Si](C)(C)C)s2)cc1.Cc1ccc(Sc2ncc([Si](C)(C)C)s2)cc1. The number of carbonyl (C=O) groups excluding carboxylic acids is 1. The smallest absolute Gasteiger partial charge is 0.301 e. The lowest BCUT2D eigenvalue weighted by Crippen LogP contribution is -2.34. The van der Waals surface area contributed by atoms with Crippen molar-refractivity contribution in [1.29, 1.82) is 0 Å². The molecule has 2 aromatic carbocycles. The Bertz CT molecular complexity index is 1520. The van der Waals surface area contributed by atoms with Crippen molar-refractivity contribution in [2.24, 2.45) is 0 Å². The molecule has 0 amide bonds. The van der Waals surface area contributed by atoms with Crippen LogP contribution < -0.4 is 9.00 Å². The number of benzene rings is 2. The largest absolute Gasteiger partial charge is 0.339 e. The molecule has 41 heavy (non-hydrogen) atoms. The summed E-state index contributed by atoms with van der Waals surface area (Å²) in [4.78, 5) is 22.7. The molecule has 7 nitrogen and oxygen atoms in total. The maximum atomic E-state index is 12.4. The van der Waals surface area contributed by atoms with E-state index in [2.05, 4.69) is 91.5 Å². The molecule has 0 aliphatic rings. The molecule has 2 heterocycles. The van der Waals surface area contributed by atoms with Gasteiger partial charge in [-0.1, -0.05) is 86.4 Å². The van der Waals surface area contributed by atoms with Crippen LogP contribution in [0.4, 0.5) is 0 Å². The Morgan fingerprint density at radius 1 is 0.805 bits per heavy atom. The quantitative estimate of drug-likeness (QED) is 0.133. The van der Waals surface area contributed by atoms with E-state index in [1.165, 1.54) is 26.3 Å². The zero-order chi connectivity index (χ0) is 31.0. The highest BCUT2D eigenvalue weighted by atomic mass is 32.2. The second-order valence-corrected chi connectivity index (χ2v) is 27.6. The van der Waals surface area contributed by atoms with Crippen LogP contribution in [0.3, 0.4) is 0 Å². The molecule has 4 aromatic rings. The van der Waals surface area contributed by atoms with Crippen LogP contribution in [0.2, 0.25) is 39.3 Å². The Hall–Kier alpha value is -2.14. The summed E-state index contributed by atoms with van der Waals surface area (Å²) in [6, 6.07) is 15.5. The van der Waals surface area contributed by atoms with Crippen LogP contribution in [0.15, 0.2) is 79.4 Å². The fraction of sp³-hybridized carbons (Fsp3) is 0.321. The van der Waals surface area contributed by atoms with Crippen molar-refractivity contribution in [1.82, 2.24) is 9.97 Å². The number of rotatable bonds is 6. The molecule has 0 bridgehead atoms. The molecule has 0 radical (unpaired) electrons. The van der Waals surface area contributed by atoms with Gasteiger partial charge in [0.1, 0.15) is 0 Å². The predicted octanol–water partition coefficient (Wildman–Crippen LogP) is 7.00. The molecule has 0 aliphatic carbocycles. The summed E-state index contributed by atoms with van der Waals surface area (Å²) >= 11 is 4.92. The summed E-state index contributed by atoms with van der Waals surface area (Å²) < 4.78 is 28.8. The molecule has 0 aliphatic heterocycles. The highest BCUT2D eigenvalue weighted by Crippen LogP contribution is 2.29. The lowest BCUT2D eigenvalue weighted by atomic mass is 10.2. The number of hydrogen-bond acceptors (Lipinski definition) is 10. The first-order valence-corrected chi connectivity index (χ1v) is 23.7. The molecular formula is C28H38N2O5S4Si2. The third kappa shape index (κ3) is 11.2. The van der Waals surface area contributed by atoms with E-state index in [1.54, 1.807) is 42.2 Å². The molecule has 0 fully saturated rings. The standard InChI is InChI=1S/C13H17NO2S2Si.C13H17NS2Si.C2H4O3/c1-10-5-7-11(8-6-10)18(15,16)13-14-9-12(17-13)19(2,3)4;1-10-5-7-11(8-6-10)15-13-14-9-12(16-13)17(2,3)4;1-2(3)5-4/h5-9H,1-4H3;5-9H,1-4H3;4H,1H3. The van der Waals surface area contributed by atoms with Crippen molar-refractivity contribution in [3.05, 3.63) is 72.1 Å². The Balaban J connectivity index is 0.000000248. The van der Waals surface area contributed by atoms with Gasteiger partial charge in [-0.05, 0) is 38.1 Å². The Morgan fingerprint density at radius 3 is 1.66 bits per heavy atom. The van der Waals surface area contributed by atoms with Crippen LogP contribution in [-0.2, 0) is 19.5 Å². The van der Waals surface area contributed by atoms with Crippen molar-refractivity contribution in [3.63, 3.8) is 0 Å². The first-order chi connectivity index (χ1) is 18.9. The van der Waals surface area contributed by atoms with Crippen LogP contribution in [-0.4, -0.2) is 45.8 Å². The molecular weight excluding hydrogens is 629 g/mol. The maximum Gasteiger partial charge on any atom is 0.339 e. The van der Waals surface area contributed by atoms with Gasteiger partial charge in [-0.15, -0.1) is 22.7 Å². The average Bonchev–Trinajstić information content (AvgIpc) is 3.57. The summed E-state index contributed by atoms with van der Waals surface area (Å²) in [7, 11) is -6.17. The van der Waals surface area contributed by atoms with E-state index in [1.807, 2.05) is 18.3 Å². The van der Waals surface area contributed by atoms with Crippen LogP contribution in [0.25, 0.3) is 0 Å². The second-order valence-electron chi connectivity index (χ2n) is 11.3. The molecule has 0 unspecified atom stereocenters. The van der Waals surface area contributed by atoms with E-state index in [4.69, 9.17) is 5.26 Å². The number of aryl methyl sites for hydroxylation is 2. The second kappa shape index (κ2) is 14.9. The average molecular weight is 667 g/mol. The highest BCUT2D eigenvalue weighted by molar-refractivity contribution is 8.01. The lowest BCUT2D eigenvalue weighted by molar-refractivity contribution is -0.231. The van der Waals surface area contributed by atoms with Gasteiger partial charge in [0, 0.05) is 33.2 Å². The van der Waals surface area contributed by atoms with Crippen molar-refractivity contribution >= 4 is 75.4 Å². The Kier molecular flexibility index (Phi) is 12.7. The number of nitrogens with zero attached hydrogens (tertiary/aromatic N) is 2. The maximum absolute atomic E-state index is 12.4. The minimum absolute atomic E-state index is 0.203. The zero-order valence-corrected chi connectivity index (χ0v) is 30.1. The van der Waals surface area contributed by atoms with E-state index in [0.717, 1.165) is 21.3 Å². The third-order valence-corrected chi connectivity index (χ3v) is 17.7. The normalized spacial score (nSPS) is 11.6. The topological polar surface area (TPSA) is 106 Å². The van der Waals surface area contributed by atoms with Crippen LogP contribution in [0, 0.1) is 13.8 Å². The van der Waals surface area contributed by atoms with Crippen LogP contribution in [0.5, 0.6) is 0 Å². The van der Waals surface area contributed by atoms with Gasteiger partial charge in [-0.2, -0.15) is 5.26 Å². The first kappa shape index (κ1) is 35.1. The fourth-order valence-corrected chi connectivity index (χ4v) is 11.3. The van der Waals surface area contributed by atoms with Crippen LogP contribution >= 0.6 is 34.4 Å². The van der Waals surface area contributed by atoms with Crippen molar-refractivity contribution < 1.29 is 23.4 Å². The molecule has 0 saturated carbocycles. The van der Waals surface area contributed by atoms with Gasteiger partial charge in [0.15, 0.2) is 4.34 Å². The zero-order valence-electron chi connectivity index (χ0n) is 24.9. The molecule has 0 saturated heterocycles. The summed E-state index contributed by atoms with van der Waals surface area (Å²) in [5.74, 6) is -0.690. The number of hydrogen-bond donors (Lipinski definition) is 1. The number of aromatic nitrogens is 2. The number of sulfone groups is 1. The van der Waals surface area contributed by atoms with E-state index < -0.39 is 32.0 Å². The predicted molar refractivity (Wildman–Crippen MR) is 177 cm³/mol. The summed E-state index contributed by atoms with van der Waals surface area (Å²) in [6.45, 7) is 18.8. The third-order valence-electron chi connectivity index (χ3n) is 5.36. The van der Waals surface area contributed by atoms with Gasteiger partial charge >= 0.3 is 5.97 Å². The minimum atomic E-state index is -3.47. The van der Waals surface area contributed by atoms with Crippen LogP contribution in [0.1, 0.15) is 18.1 Å². The molecule has 0 spiro atoms. The van der Waals surface area contributed by atoms with Crippen molar-refractivity contribution in [2.45, 2.75) is 78.5 Å². The van der Waals surface area contributed by atoms with E-state index in [9.17, 15) is 13.2 Å². The fourth-order valence-electron chi connectivity index (χ4n) is 2.91.